The number of nitrogens with one attached hydrogen (secondary N) is 6. The van der Waals surface area contributed by atoms with Gasteiger partial charge < -0.3 is 58.9 Å². The van der Waals surface area contributed by atoms with Crippen LogP contribution in [0.1, 0.15) is 32.1 Å². The third-order valence-corrected chi connectivity index (χ3v) is 6.65. The molecule has 46 heavy (non-hydrogen) atoms. The predicted molar refractivity (Wildman–Crippen MR) is 161 cm³/mol. The number of hydrogen-bond acceptors (Lipinski definition) is 11. The molecule has 1 aliphatic heterocycles. The molecule has 258 valence electrons. The van der Waals surface area contributed by atoms with Crippen LogP contribution in [0.25, 0.3) is 0 Å². The number of nitrogens with two attached hydrogens (primary N) is 3. The van der Waals surface area contributed by atoms with Gasteiger partial charge >= 0.3 is 0 Å². The monoisotopic (exact) mass is 655 g/mol. The van der Waals surface area contributed by atoms with Gasteiger partial charge in [-0.25, -0.2) is 0 Å². The van der Waals surface area contributed by atoms with Crippen molar-refractivity contribution in [3.05, 3.63) is 0 Å². The Morgan fingerprint density at radius 1 is 0.739 bits per heavy atom. The Labute approximate surface area is 265 Å². The van der Waals surface area contributed by atoms with Crippen molar-refractivity contribution in [2.24, 2.45) is 17.2 Å². The lowest BCUT2D eigenvalue weighted by atomic mass is 10.1. The van der Waals surface area contributed by atoms with Crippen LogP contribution in [0, 0.1) is 0 Å². The largest absolute Gasteiger partial charge is 0.368 e. The van der Waals surface area contributed by atoms with E-state index in [1.165, 1.54) is 11.9 Å². The fourth-order valence-electron chi connectivity index (χ4n) is 4.20. The molecule has 20 heteroatoms. The highest BCUT2D eigenvalue weighted by atomic mass is 16.2. The fourth-order valence-corrected chi connectivity index (χ4v) is 4.20. The lowest BCUT2D eigenvalue weighted by Gasteiger charge is -2.28. The third kappa shape index (κ3) is 15.2. The molecule has 1 heterocycles. The van der Waals surface area contributed by atoms with Gasteiger partial charge in [-0.15, -0.1) is 0 Å². The SMILES string of the molecule is CN(CC(=O)NCC(=O)NCC(=O)NCC(=O)N[C@@H](CCCCN)C(N)=O)C(=O)[C@@H]1CCCN1C(=O)CNC(=O)CNC(=O)CN. The fraction of sp³-hybridized carbons (Fsp3) is 0.654. The van der Waals surface area contributed by atoms with Gasteiger partial charge in [0.05, 0.1) is 45.8 Å². The smallest absolute Gasteiger partial charge is 0.245 e. The van der Waals surface area contributed by atoms with Gasteiger partial charge in [-0.1, -0.05) is 0 Å². The van der Waals surface area contributed by atoms with Crippen molar-refractivity contribution in [2.45, 2.75) is 44.2 Å². The van der Waals surface area contributed by atoms with E-state index in [0.29, 0.717) is 38.6 Å². The maximum atomic E-state index is 12.9. The van der Waals surface area contributed by atoms with Crippen molar-refractivity contribution < 1.29 is 43.2 Å². The molecule has 20 nitrogen and oxygen atoms in total. The minimum atomic E-state index is -0.906. The number of rotatable bonds is 20. The average molecular weight is 656 g/mol. The zero-order chi connectivity index (χ0) is 34.6. The minimum absolute atomic E-state index is 0.274. The first-order valence-corrected chi connectivity index (χ1v) is 14.7. The predicted octanol–water partition coefficient (Wildman–Crippen LogP) is -6.93. The molecular formula is C26H45N11O9. The van der Waals surface area contributed by atoms with Crippen LogP contribution >= 0.6 is 0 Å². The molecular weight excluding hydrogens is 610 g/mol. The molecule has 1 rings (SSSR count). The lowest BCUT2D eigenvalue weighted by molar-refractivity contribution is -0.144. The van der Waals surface area contributed by atoms with Gasteiger partial charge in [-0.2, -0.15) is 0 Å². The lowest BCUT2D eigenvalue weighted by Crippen LogP contribution is -2.52. The molecule has 0 radical (unpaired) electrons. The van der Waals surface area contributed by atoms with Gasteiger partial charge in [-0.05, 0) is 38.6 Å². The second kappa shape index (κ2) is 21.0. The molecule has 1 fully saturated rings. The van der Waals surface area contributed by atoms with Crippen molar-refractivity contribution in [2.75, 3.05) is 66.0 Å². The summed E-state index contributed by atoms with van der Waals surface area (Å²) in [5, 5.41) is 13.9. The molecule has 2 atom stereocenters. The highest BCUT2D eigenvalue weighted by Gasteiger charge is 2.36. The van der Waals surface area contributed by atoms with Crippen LogP contribution in [-0.4, -0.2) is 141 Å². The number of carbonyl (C=O) groups excluding carboxylic acids is 9. The van der Waals surface area contributed by atoms with E-state index in [1.54, 1.807) is 0 Å². The molecule has 1 saturated heterocycles. The van der Waals surface area contributed by atoms with Crippen molar-refractivity contribution in [1.29, 1.82) is 0 Å². The number of unbranched alkanes of at least 4 members (excludes halogenated alkanes) is 1. The number of likely N-dealkylation sites (tertiary alicyclic amines) is 1. The summed E-state index contributed by atoms with van der Waals surface area (Å²) in [5.41, 5.74) is 15.8. The van der Waals surface area contributed by atoms with Crippen LogP contribution < -0.4 is 49.1 Å². The van der Waals surface area contributed by atoms with E-state index in [9.17, 15) is 43.2 Å². The number of hydrogen-bond donors (Lipinski definition) is 9. The maximum Gasteiger partial charge on any atom is 0.245 e. The van der Waals surface area contributed by atoms with Crippen LogP contribution in [0.3, 0.4) is 0 Å². The van der Waals surface area contributed by atoms with Crippen LogP contribution in [0.2, 0.25) is 0 Å². The summed E-state index contributed by atoms with van der Waals surface area (Å²) in [4.78, 5) is 111. The number of amides is 9. The Bertz CT molecular complexity index is 1130. The van der Waals surface area contributed by atoms with Gasteiger partial charge in [0.15, 0.2) is 0 Å². The molecule has 0 aromatic heterocycles. The summed E-state index contributed by atoms with van der Waals surface area (Å²) in [6.07, 6.45) is 2.42. The van der Waals surface area contributed by atoms with Crippen molar-refractivity contribution in [1.82, 2.24) is 41.7 Å². The Kier molecular flexibility index (Phi) is 17.9. The average Bonchev–Trinajstić information content (AvgIpc) is 3.52. The van der Waals surface area contributed by atoms with E-state index < -0.39 is 98.0 Å². The molecule has 0 bridgehead atoms. The zero-order valence-corrected chi connectivity index (χ0v) is 25.9. The maximum absolute atomic E-state index is 12.9. The summed E-state index contributed by atoms with van der Waals surface area (Å²) in [6.45, 7) is -2.21. The van der Waals surface area contributed by atoms with Crippen LogP contribution in [0.5, 0.6) is 0 Å². The topological polar surface area (TPSA) is 310 Å². The molecule has 0 aliphatic carbocycles. The number of nitrogens with zero attached hydrogens (tertiary/aromatic N) is 2. The van der Waals surface area contributed by atoms with Crippen molar-refractivity contribution in [3.63, 3.8) is 0 Å². The summed E-state index contributed by atoms with van der Waals surface area (Å²) in [7, 11) is 1.36. The van der Waals surface area contributed by atoms with Gasteiger partial charge in [0.2, 0.25) is 53.2 Å². The van der Waals surface area contributed by atoms with E-state index in [2.05, 4.69) is 31.9 Å². The van der Waals surface area contributed by atoms with Crippen molar-refractivity contribution >= 4 is 53.2 Å². The van der Waals surface area contributed by atoms with E-state index >= 15 is 0 Å². The Morgan fingerprint density at radius 2 is 1.26 bits per heavy atom. The van der Waals surface area contributed by atoms with Gasteiger partial charge in [-0.3, -0.25) is 43.2 Å². The van der Waals surface area contributed by atoms with Gasteiger partial charge in [0, 0.05) is 13.6 Å². The number of likely N-dealkylation sites (N-methyl/N-ethyl adjacent to an activating group) is 1. The summed E-state index contributed by atoms with van der Waals surface area (Å²) in [5.74, 6) is -5.62. The zero-order valence-electron chi connectivity index (χ0n) is 25.9. The summed E-state index contributed by atoms with van der Waals surface area (Å²) < 4.78 is 0. The van der Waals surface area contributed by atoms with E-state index in [0.717, 1.165) is 4.90 Å². The number of primary amides is 1. The number of carbonyl (C=O) groups is 9. The molecule has 1 aliphatic rings. The van der Waals surface area contributed by atoms with E-state index in [4.69, 9.17) is 17.2 Å². The van der Waals surface area contributed by atoms with Gasteiger partial charge in [0.1, 0.15) is 12.1 Å². The molecule has 9 amide bonds. The first kappa shape index (κ1) is 39.2. The van der Waals surface area contributed by atoms with Crippen LogP contribution in [-0.2, 0) is 43.2 Å². The third-order valence-electron chi connectivity index (χ3n) is 6.65. The second-order valence-corrected chi connectivity index (χ2v) is 10.3. The highest BCUT2D eigenvalue weighted by molar-refractivity contribution is 5.94. The van der Waals surface area contributed by atoms with Crippen LogP contribution in [0.4, 0.5) is 0 Å². The standard InChI is InChI=1S/C26H45N11O9/c1-36(26(46)17-6-4-8-37(17)24(44)14-34-21(41)10-30-18(38)9-28)15-23(43)33-12-20(40)31-11-19(39)32-13-22(42)35-16(25(29)45)5-2-3-7-27/h16-17H,2-15,27-28H2,1H3,(H2,29,45)(H,30,38)(H,31,40)(H,32,39)(H,33,43)(H,34,41)(H,35,42)/t16-,17-/m0/s1. The van der Waals surface area contributed by atoms with E-state index in [-0.39, 0.29) is 19.6 Å². The second-order valence-electron chi connectivity index (χ2n) is 10.3. The van der Waals surface area contributed by atoms with E-state index in [1.807, 2.05) is 0 Å². The Morgan fingerprint density at radius 3 is 1.80 bits per heavy atom. The molecule has 0 unspecified atom stereocenters. The minimum Gasteiger partial charge on any atom is -0.368 e. The first-order valence-electron chi connectivity index (χ1n) is 14.7. The summed E-state index contributed by atoms with van der Waals surface area (Å²) in [6, 6.07) is -1.75. The highest BCUT2D eigenvalue weighted by Crippen LogP contribution is 2.19. The molecule has 0 spiro atoms. The molecule has 12 N–H and O–H groups in total. The molecule has 0 aromatic carbocycles. The Balaban J connectivity index is 2.38. The Hall–Kier alpha value is -4.85. The normalized spacial score (nSPS) is 14.3. The van der Waals surface area contributed by atoms with Crippen LogP contribution in [0.15, 0.2) is 0 Å². The first-order chi connectivity index (χ1) is 21.8. The molecule has 0 saturated carbocycles. The van der Waals surface area contributed by atoms with Crippen molar-refractivity contribution in [3.8, 4) is 0 Å². The van der Waals surface area contributed by atoms with Gasteiger partial charge in [0.25, 0.3) is 0 Å². The quantitative estimate of drug-likeness (QED) is 0.0555. The molecule has 0 aromatic rings. The summed E-state index contributed by atoms with van der Waals surface area (Å²) >= 11 is 0.